The molecule has 6 heteroatoms. The molecule has 102 valence electrons. The average molecular weight is 263 g/mol. The maximum absolute atomic E-state index is 10.7. The Labute approximate surface area is 110 Å². The highest BCUT2D eigenvalue weighted by molar-refractivity contribution is 5.48. The highest BCUT2D eigenvalue weighted by atomic mass is 16.4. The molecule has 1 aromatic carbocycles. The summed E-state index contributed by atoms with van der Waals surface area (Å²) in [5.74, 6) is -0.399. The van der Waals surface area contributed by atoms with Gasteiger partial charge in [0.15, 0.2) is 0 Å². The summed E-state index contributed by atoms with van der Waals surface area (Å²) in [5, 5.41) is 18.8. The molecule has 0 bridgehead atoms. The van der Waals surface area contributed by atoms with E-state index in [2.05, 4.69) is 21.6 Å². The molecule has 2 aromatic rings. The standard InChI is InChI=1S/C13H17N3O3/c1-8-3-9(2)5-10(4-8)14-7-11(17)6-12-15-16-13(18)19-12/h3-5,11,14,17H,6-7H2,1-2H3,(H,16,18). The first-order chi connectivity index (χ1) is 9.02. The Morgan fingerprint density at radius 3 is 2.63 bits per heavy atom. The molecule has 0 aliphatic carbocycles. The SMILES string of the molecule is Cc1cc(C)cc(NCC(O)Cc2n[nH]c(=O)o2)c1. The van der Waals surface area contributed by atoms with Crippen LogP contribution in [0.1, 0.15) is 17.0 Å². The second-order valence-electron chi connectivity index (χ2n) is 4.62. The van der Waals surface area contributed by atoms with Crippen molar-refractivity contribution in [1.29, 1.82) is 0 Å². The van der Waals surface area contributed by atoms with Gasteiger partial charge in [-0.2, -0.15) is 0 Å². The number of rotatable bonds is 5. The van der Waals surface area contributed by atoms with Crippen molar-refractivity contribution in [1.82, 2.24) is 10.2 Å². The number of benzene rings is 1. The molecular formula is C13H17N3O3. The van der Waals surface area contributed by atoms with Gasteiger partial charge in [-0.1, -0.05) is 6.07 Å². The molecule has 1 atom stereocenters. The summed E-state index contributed by atoms with van der Waals surface area (Å²) < 4.78 is 4.73. The molecule has 3 N–H and O–H groups in total. The van der Waals surface area contributed by atoms with Crippen LogP contribution in [0.5, 0.6) is 0 Å². The lowest BCUT2D eigenvalue weighted by atomic mass is 10.1. The lowest BCUT2D eigenvalue weighted by Crippen LogP contribution is -2.22. The van der Waals surface area contributed by atoms with Crippen LogP contribution >= 0.6 is 0 Å². The average Bonchev–Trinajstić information content (AvgIpc) is 2.71. The van der Waals surface area contributed by atoms with Crippen molar-refractivity contribution in [3.63, 3.8) is 0 Å². The van der Waals surface area contributed by atoms with Gasteiger partial charge in [0.1, 0.15) is 0 Å². The van der Waals surface area contributed by atoms with Crippen molar-refractivity contribution in [3.8, 4) is 0 Å². The third-order valence-electron chi connectivity index (χ3n) is 2.66. The van der Waals surface area contributed by atoms with Gasteiger partial charge in [-0.05, 0) is 37.1 Å². The zero-order chi connectivity index (χ0) is 13.8. The number of anilines is 1. The molecule has 0 saturated heterocycles. The number of aliphatic hydroxyl groups is 1. The molecule has 0 radical (unpaired) electrons. The quantitative estimate of drug-likeness (QED) is 0.748. The molecule has 0 fully saturated rings. The van der Waals surface area contributed by atoms with Gasteiger partial charge in [-0.25, -0.2) is 9.89 Å². The summed E-state index contributed by atoms with van der Waals surface area (Å²) in [6.07, 6.45) is -0.483. The van der Waals surface area contributed by atoms with E-state index in [9.17, 15) is 9.90 Å². The minimum atomic E-state index is -0.674. The Morgan fingerprint density at radius 2 is 2.05 bits per heavy atom. The molecule has 1 unspecified atom stereocenters. The van der Waals surface area contributed by atoms with Gasteiger partial charge in [0.2, 0.25) is 5.89 Å². The van der Waals surface area contributed by atoms with E-state index in [-0.39, 0.29) is 12.3 Å². The van der Waals surface area contributed by atoms with Crippen molar-refractivity contribution in [2.45, 2.75) is 26.4 Å². The molecule has 0 aliphatic heterocycles. The minimum absolute atomic E-state index is 0.191. The third kappa shape index (κ3) is 3.96. The number of aryl methyl sites for hydroxylation is 2. The van der Waals surface area contributed by atoms with Gasteiger partial charge in [0, 0.05) is 12.2 Å². The number of H-pyrrole nitrogens is 1. The van der Waals surface area contributed by atoms with E-state index in [4.69, 9.17) is 4.42 Å². The van der Waals surface area contributed by atoms with Crippen molar-refractivity contribution in [2.24, 2.45) is 0 Å². The Morgan fingerprint density at radius 1 is 1.37 bits per heavy atom. The summed E-state index contributed by atoms with van der Waals surface area (Å²) in [4.78, 5) is 10.7. The van der Waals surface area contributed by atoms with Crippen LogP contribution in [-0.2, 0) is 6.42 Å². The third-order valence-corrected chi connectivity index (χ3v) is 2.66. The molecule has 2 rings (SSSR count). The number of aromatic amines is 1. The van der Waals surface area contributed by atoms with E-state index in [1.54, 1.807) is 0 Å². The first-order valence-corrected chi connectivity index (χ1v) is 6.07. The number of nitrogens with one attached hydrogen (secondary N) is 2. The van der Waals surface area contributed by atoms with Crippen LogP contribution in [0, 0.1) is 13.8 Å². The predicted molar refractivity (Wildman–Crippen MR) is 71.2 cm³/mol. The van der Waals surface area contributed by atoms with Gasteiger partial charge in [0.05, 0.1) is 12.5 Å². The largest absolute Gasteiger partial charge is 0.434 e. The lowest BCUT2D eigenvalue weighted by molar-refractivity contribution is 0.177. The van der Waals surface area contributed by atoms with Crippen molar-refractivity contribution in [3.05, 3.63) is 45.8 Å². The van der Waals surface area contributed by atoms with Crippen LogP contribution in [0.3, 0.4) is 0 Å². The summed E-state index contributed by atoms with van der Waals surface area (Å²) in [7, 11) is 0. The van der Waals surface area contributed by atoms with Crippen LogP contribution < -0.4 is 11.1 Å². The van der Waals surface area contributed by atoms with Gasteiger partial charge in [-0.15, -0.1) is 5.10 Å². The molecule has 0 amide bonds. The van der Waals surface area contributed by atoms with Crippen molar-refractivity contribution >= 4 is 5.69 Å². The first-order valence-electron chi connectivity index (χ1n) is 6.07. The summed E-state index contributed by atoms with van der Waals surface area (Å²) in [6, 6.07) is 6.10. The normalized spacial score (nSPS) is 12.4. The number of aliphatic hydroxyl groups excluding tert-OH is 1. The molecule has 6 nitrogen and oxygen atoms in total. The molecule has 0 spiro atoms. The second-order valence-corrected chi connectivity index (χ2v) is 4.62. The van der Waals surface area contributed by atoms with Gasteiger partial charge in [-0.3, -0.25) is 0 Å². The zero-order valence-corrected chi connectivity index (χ0v) is 10.9. The molecule has 0 saturated carbocycles. The number of hydrogen-bond donors (Lipinski definition) is 3. The van der Waals surface area contributed by atoms with Crippen LogP contribution in [-0.4, -0.2) is 28.0 Å². The molecule has 19 heavy (non-hydrogen) atoms. The summed E-state index contributed by atoms with van der Waals surface area (Å²) in [5.41, 5.74) is 3.28. The zero-order valence-electron chi connectivity index (χ0n) is 10.9. The van der Waals surface area contributed by atoms with E-state index in [0.717, 1.165) is 16.8 Å². The Bertz CT molecular complexity index is 583. The number of hydrogen-bond acceptors (Lipinski definition) is 5. The lowest BCUT2D eigenvalue weighted by Gasteiger charge is -2.12. The molecule has 1 aromatic heterocycles. The highest BCUT2D eigenvalue weighted by Gasteiger charge is 2.10. The fourth-order valence-corrected chi connectivity index (χ4v) is 1.93. The molecule has 1 heterocycles. The summed E-state index contributed by atoms with van der Waals surface area (Å²) >= 11 is 0. The predicted octanol–water partition coefficient (Wildman–Crippen LogP) is 0.995. The van der Waals surface area contributed by atoms with Gasteiger partial charge in [0.25, 0.3) is 0 Å². The maximum Gasteiger partial charge on any atom is 0.434 e. The Hall–Kier alpha value is -2.08. The van der Waals surface area contributed by atoms with Crippen LogP contribution in [0.25, 0.3) is 0 Å². The van der Waals surface area contributed by atoms with E-state index >= 15 is 0 Å². The second kappa shape index (κ2) is 5.71. The topological polar surface area (TPSA) is 91.1 Å². The van der Waals surface area contributed by atoms with Crippen molar-refractivity contribution < 1.29 is 9.52 Å². The molecule has 0 aliphatic rings. The van der Waals surface area contributed by atoms with Crippen LogP contribution in [0.2, 0.25) is 0 Å². The van der Waals surface area contributed by atoms with Crippen LogP contribution in [0.4, 0.5) is 5.69 Å². The van der Waals surface area contributed by atoms with E-state index in [1.807, 2.05) is 26.0 Å². The van der Waals surface area contributed by atoms with E-state index in [1.165, 1.54) is 0 Å². The minimum Gasteiger partial charge on any atom is -0.392 e. The van der Waals surface area contributed by atoms with Crippen LogP contribution in [0.15, 0.2) is 27.4 Å². The fourth-order valence-electron chi connectivity index (χ4n) is 1.93. The van der Waals surface area contributed by atoms with E-state index in [0.29, 0.717) is 6.54 Å². The molecular weight excluding hydrogens is 246 g/mol. The van der Waals surface area contributed by atoms with Gasteiger partial charge >= 0.3 is 5.76 Å². The Balaban J connectivity index is 1.89. The van der Waals surface area contributed by atoms with Gasteiger partial charge < -0.3 is 14.8 Å². The number of nitrogens with zero attached hydrogens (tertiary/aromatic N) is 1. The summed E-state index contributed by atoms with van der Waals surface area (Å²) in [6.45, 7) is 4.40. The monoisotopic (exact) mass is 263 g/mol. The Kier molecular flexibility index (Phi) is 4.01. The smallest absolute Gasteiger partial charge is 0.392 e. The number of aromatic nitrogens is 2. The first kappa shape index (κ1) is 13.4. The van der Waals surface area contributed by atoms with E-state index < -0.39 is 11.9 Å². The highest BCUT2D eigenvalue weighted by Crippen LogP contribution is 2.13. The van der Waals surface area contributed by atoms with Crippen molar-refractivity contribution in [2.75, 3.05) is 11.9 Å². The maximum atomic E-state index is 10.7. The fraction of sp³-hybridized carbons (Fsp3) is 0.385.